The van der Waals surface area contributed by atoms with Gasteiger partial charge in [-0.3, -0.25) is 9.59 Å². The SMILES string of the molecule is O=C(CNC(=O)c1ccccc1Br)NCC(F)(F)CO. The lowest BCUT2D eigenvalue weighted by atomic mass is 10.2. The Balaban J connectivity index is 2.42. The van der Waals surface area contributed by atoms with E-state index in [0.717, 1.165) is 0 Å². The Labute approximate surface area is 122 Å². The molecule has 0 aliphatic rings. The molecular formula is C12H13BrF2N2O3. The largest absolute Gasteiger partial charge is 0.390 e. The maximum Gasteiger partial charge on any atom is 0.287 e. The van der Waals surface area contributed by atoms with E-state index in [9.17, 15) is 18.4 Å². The van der Waals surface area contributed by atoms with Crippen LogP contribution in [0.2, 0.25) is 0 Å². The molecule has 0 saturated carbocycles. The Morgan fingerprint density at radius 3 is 2.50 bits per heavy atom. The van der Waals surface area contributed by atoms with E-state index in [-0.39, 0.29) is 0 Å². The molecule has 0 saturated heterocycles. The first-order valence-electron chi connectivity index (χ1n) is 5.64. The minimum Gasteiger partial charge on any atom is -0.390 e. The molecule has 1 aromatic rings. The minimum absolute atomic E-state index is 0.334. The summed E-state index contributed by atoms with van der Waals surface area (Å²) in [4.78, 5) is 23.0. The quantitative estimate of drug-likeness (QED) is 0.713. The molecule has 3 N–H and O–H groups in total. The molecule has 0 atom stereocenters. The predicted molar refractivity (Wildman–Crippen MR) is 71.5 cm³/mol. The van der Waals surface area contributed by atoms with Gasteiger partial charge in [-0.05, 0) is 28.1 Å². The number of aliphatic hydroxyl groups is 1. The molecule has 110 valence electrons. The molecule has 0 fully saturated rings. The molecule has 0 aromatic heterocycles. The fourth-order valence-electron chi connectivity index (χ4n) is 1.25. The highest BCUT2D eigenvalue weighted by Gasteiger charge is 2.28. The lowest BCUT2D eigenvalue weighted by molar-refractivity contribution is -0.123. The summed E-state index contributed by atoms with van der Waals surface area (Å²) in [7, 11) is 0. The number of carbonyl (C=O) groups excluding carboxylic acids is 2. The monoisotopic (exact) mass is 350 g/mol. The smallest absolute Gasteiger partial charge is 0.287 e. The summed E-state index contributed by atoms with van der Waals surface area (Å²) in [6.45, 7) is -2.76. The van der Waals surface area contributed by atoms with Crippen LogP contribution in [0.3, 0.4) is 0 Å². The number of hydrogen-bond donors (Lipinski definition) is 3. The molecule has 0 aliphatic carbocycles. The summed E-state index contributed by atoms with van der Waals surface area (Å²) in [5.41, 5.74) is 0.334. The third-order valence-electron chi connectivity index (χ3n) is 2.30. The molecule has 8 heteroatoms. The van der Waals surface area contributed by atoms with Gasteiger partial charge in [0, 0.05) is 4.47 Å². The van der Waals surface area contributed by atoms with Crippen molar-refractivity contribution in [2.75, 3.05) is 19.7 Å². The van der Waals surface area contributed by atoms with E-state index in [4.69, 9.17) is 5.11 Å². The number of aliphatic hydroxyl groups excluding tert-OH is 1. The van der Waals surface area contributed by atoms with Crippen LogP contribution in [0.4, 0.5) is 8.78 Å². The zero-order valence-corrected chi connectivity index (χ0v) is 11.9. The normalized spacial score (nSPS) is 11.0. The van der Waals surface area contributed by atoms with Crippen LogP contribution in [0, 0.1) is 0 Å². The van der Waals surface area contributed by atoms with E-state index in [2.05, 4.69) is 21.2 Å². The van der Waals surface area contributed by atoms with Gasteiger partial charge in [-0.2, -0.15) is 0 Å². The highest BCUT2D eigenvalue weighted by Crippen LogP contribution is 2.15. The third kappa shape index (κ3) is 5.22. The number of hydrogen-bond acceptors (Lipinski definition) is 3. The molecule has 1 aromatic carbocycles. The van der Waals surface area contributed by atoms with Crippen molar-refractivity contribution in [1.82, 2.24) is 10.6 Å². The second kappa shape index (κ2) is 7.30. The van der Waals surface area contributed by atoms with Crippen molar-refractivity contribution >= 4 is 27.7 Å². The van der Waals surface area contributed by atoms with E-state index in [1.54, 1.807) is 24.3 Å². The van der Waals surface area contributed by atoms with Gasteiger partial charge < -0.3 is 15.7 Å². The van der Waals surface area contributed by atoms with E-state index in [1.165, 1.54) is 0 Å². The van der Waals surface area contributed by atoms with Crippen molar-refractivity contribution < 1.29 is 23.5 Å². The van der Waals surface area contributed by atoms with Gasteiger partial charge in [0.15, 0.2) is 0 Å². The van der Waals surface area contributed by atoms with Gasteiger partial charge in [0.1, 0.15) is 6.61 Å². The summed E-state index contributed by atoms with van der Waals surface area (Å²) in [5, 5.41) is 12.6. The summed E-state index contributed by atoms with van der Waals surface area (Å²) in [6, 6.07) is 6.60. The Kier molecular flexibility index (Phi) is 6.03. The van der Waals surface area contributed by atoms with Crippen molar-refractivity contribution in [2.24, 2.45) is 0 Å². The third-order valence-corrected chi connectivity index (χ3v) is 3.00. The van der Waals surface area contributed by atoms with Crippen molar-refractivity contribution in [2.45, 2.75) is 5.92 Å². The lowest BCUT2D eigenvalue weighted by Crippen LogP contribution is -2.43. The first-order valence-corrected chi connectivity index (χ1v) is 6.43. The number of alkyl halides is 2. The zero-order valence-electron chi connectivity index (χ0n) is 10.3. The fraction of sp³-hybridized carbons (Fsp3) is 0.333. The van der Waals surface area contributed by atoms with Crippen LogP contribution in [0.15, 0.2) is 28.7 Å². The van der Waals surface area contributed by atoms with Crippen LogP contribution in [0.1, 0.15) is 10.4 Å². The minimum atomic E-state index is -3.37. The van der Waals surface area contributed by atoms with E-state index >= 15 is 0 Å². The molecule has 20 heavy (non-hydrogen) atoms. The molecule has 1 rings (SSSR count). The Morgan fingerprint density at radius 1 is 1.25 bits per heavy atom. The van der Waals surface area contributed by atoms with Crippen LogP contribution in [-0.4, -0.2) is 42.5 Å². The van der Waals surface area contributed by atoms with Gasteiger partial charge in [0.2, 0.25) is 5.91 Å². The highest BCUT2D eigenvalue weighted by atomic mass is 79.9. The van der Waals surface area contributed by atoms with Gasteiger partial charge >= 0.3 is 0 Å². The zero-order chi connectivity index (χ0) is 15.2. The maximum absolute atomic E-state index is 12.7. The average Bonchev–Trinajstić information content (AvgIpc) is 2.43. The number of rotatable bonds is 6. The van der Waals surface area contributed by atoms with Crippen LogP contribution >= 0.6 is 15.9 Å². The van der Waals surface area contributed by atoms with Gasteiger partial charge in [-0.25, -0.2) is 8.78 Å². The molecule has 0 aliphatic heterocycles. The fourth-order valence-corrected chi connectivity index (χ4v) is 1.71. The molecule has 0 spiro atoms. The van der Waals surface area contributed by atoms with E-state index in [0.29, 0.717) is 10.0 Å². The van der Waals surface area contributed by atoms with Crippen LogP contribution < -0.4 is 10.6 Å². The molecular weight excluding hydrogens is 338 g/mol. The van der Waals surface area contributed by atoms with Gasteiger partial charge in [0.05, 0.1) is 18.7 Å². The van der Waals surface area contributed by atoms with Crippen LogP contribution in [0.25, 0.3) is 0 Å². The molecule has 0 bridgehead atoms. The van der Waals surface area contributed by atoms with Gasteiger partial charge in [-0.1, -0.05) is 12.1 Å². The van der Waals surface area contributed by atoms with Crippen molar-refractivity contribution in [1.29, 1.82) is 0 Å². The summed E-state index contributed by atoms with van der Waals surface area (Å²) in [5.74, 6) is -4.64. The molecule has 0 radical (unpaired) electrons. The number of halogens is 3. The maximum atomic E-state index is 12.7. The standard InChI is InChI=1S/C12H13BrF2N2O3/c13-9-4-2-1-3-8(9)11(20)16-5-10(19)17-6-12(14,15)7-18/h1-4,18H,5-7H2,(H,16,20)(H,17,19). The predicted octanol–water partition coefficient (Wildman–Crippen LogP) is 0.923. The summed E-state index contributed by atoms with van der Waals surface area (Å²) >= 11 is 3.18. The van der Waals surface area contributed by atoms with Crippen molar-refractivity contribution in [3.63, 3.8) is 0 Å². The van der Waals surface area contributed by atoms with E-state index < -0.39 is 37.4 Å². The van der Waals surface area contributed by atoms with Crippen LogP contribution in [-0.2, 0) is 4.79 Å². The van der Waals surface area contributed by atoms with Crippen molar-refractivity contribution in [3.8, 4) is 0 Å². The average molecular weight is 351 g/mol. The molecule has 0 unspecified atom stereocenters. The van der Waals surface area contributed by atoms with Gasteiger partial charge in [0.25, 0.3) is 11.8 Å². The number of nitrogens with one attached hydrogen (secondary N) is 2. The Hall–Kier alpha value is -1.54. The highest BCUT2D eigenvalue weighted by molar-refractivity contribution is 9.10. The topological polar surface area (TPSA) is 78.4 Å². The number of benzene rings is 1. The second-order valence-electron chi connectivity index (χ2n) is 3.95. The molecule has 2 amide bonds. The number of amides is 2. The first kappa shape index (κ1) is 16.5. The lowest BCUT2D eigenvalue weighted by Gasteiger charge is -2.14. The second-order valence-corrected chi connectivity index (χ2v) is 4.81. The summed E-state index contributed by atoms with van der Waals surface area (Å²) < 4.78 is 25.9. The molecule has 5 nitrogen and oxygen atoms in total. The first-order chi connectivity index (χ1) is 9.35. The summed E-state index contributed by atoms with van der Waals surface area (Å²) in [6.07, 6.45) is 0. The number of carbonyl (C=O) groups is 2. The van der Waals surface area contributed by atoms with Gasteiger partial charge in [-0.15, -0.1) is 0 Å². The van der Waals surface area contributed by atoms with E-state index in [1.807, 2.05) is 5.32 Å². The Morgan fingerprint density at radius 2 is 1.90 bits per heavy atom. The van der Waals surface area contributed by atoms with Crippen LogP contribution in [0.5, 0.6) is 0 Å². The molecule has 0 heterocycles. The van der Waals surface area contributed by atoms with Crippen molar-refractivity contribution in [3.05, 3.63) is 34.3 Å². The Bertz CT molecular complexity index is 497.